The molecule has 200 valence electrons. The number of likely N-dealkylation sites (tertiary alicyclic amines) is 1. The molecule has 1 aliphatic heterocycles. The number of aryl methyl sites for hydroxylation is 1. The minimum atomic E-state index is -4.74. The first kappa shape index (κ1) is 25.2. The average molecular weight is 538 g/mol. The van der Waals surface area contributed by atoms with Crippen LogP contribution in [0.3, 0.4) is 0 Å². The van der Waals surface area contributed by atoms with Gasteiger partial charge in [-0.1, -0.05) is 30.3 Å². The summed E-state index contributed by atoms with van der Waals surface area (Å²) in [5, 5.41) is 18.0. The predicted molar refractivity (Wildman–Crippen MR) is 136 cm³/mol. The van der Waals surface area contributed by atoms with Crippen molar-refractivity contribution in [1.29, 1.82) is 0 Å². The van der Waals surface area contributed by atoms with Crippen LogP contribution in [0.25, 0.3) is 45.1 Å². The molecule has 0 aliphatic carbocycles. The summed E-state index contributed by atoms with van der Waals surface area (Å²) in [7, 11) is 1.80. The SMILES string of the molecule is Cn1cnnc1-c1ccccc1-c1ccc(F)c(-c2nc3cc([C@H](CO)N4CCC4)cc(C(F)(F)F)c3o2)c1. The molecule has 39 heavy (non-hydrogen) atoms. The number of alkyl halides is 3. The Morgan fingerprint density at radius 3 is 2.44 bits per heavy atom. The van der Waals surface area contributed by atoms with E-state index in [-0.39, 0.29) is 29.1 Å². The van der Waals surface area contributed by atoms with Gasteiger partial charge in [0.1, 0.15) is 23.2 Å². The highest BCUT2D eigenvalue weighted by Gasteiger charge is 2.37. The summed E-state index contributed by atoms with van der Waals surface area (Å²) in [4.78, 5) is 6.19. The number of fused-ring (bicyclic) bond motifs is 1. The summed E-state index contributed by atoms with van der Waals surface area (Å²) >= 11 is 0. The summed E-state index contributed by atoms with van der Waals surface area (Å²) in [6, 6.07) is 13.5. The van der Waals surface area contributed by atoms with Gasteiger partial charge in [-0.2, -0.15) is 13.2 Å². The van der Waals surface area contributed by atoms with Crippen molar-refractivity contribution in [1.82, 2.24) is 24.6 Å². The van der Waals surface area contributed by atoms with Gasteiger partial charge in [0.2, 0.25) is 5.89 Å². The van der Waals surface area contributed by atoms with E-state index in [2.05, 4.69) is 15.2 Å². The fourth-order valence-electron chi connectivity index (χ4n) is 4.97. The fourth-order valence-corrected chi connectivity index (χ4v) is 4.97. The number of hydrogen-bond donors (Lipinski definition) is 1. The van der Waals surface area contributed by atoms with Crippen molar-refractivity contribution in [3.05, 3.63) is 77.9 Å². The van der Waals surface area contributed by atoms with Gasteiger partial charge in [-0.05, 0) is 47.4 Å². The molecule has 1 saturated heterocycles. The molecule has 0 bridgehead atoms. The molecule has 1 N–H and O–H groups in total. The van der Waals surface area contributed by atoms with E-state index < -0.39 is 29.2 Å². The Bertz CT molecular complexity index is 1670. The zero-order valence-electron chi connectivity index (χ0n) is 20.8. The zero-order chi connectivity index (χ0) is 27.3. The van der Waals surface area contributed by atoms with Crippen molar-refractivity contribution in [3.8, 4) is 34.0 Å². The third-order valence-electron chi connectivity index (χ3n) is 7.09. The molecule has 0 radical (unpaired) electrons. The Kier molecular flexibility index (Phi) is 6.19. The number of halogens is 4. The molecule has 1 atom stereocenters. The molecule has 6 rings (SSSR count). The van der Waals surface area contributed by atoms with Crippen LogP contribution in [0.4, 0.5) is 17.6 Å². The van der Waals surface area contributed by atoms with Gasteiger partial charge in [0.25, 0.3) is 0 Å². The summed E-state index contributed by atoms with van der Waals surface area (Å²) in [5.41, 5.74) is 0.724. The number of oxazole rings is 1. The number of benzene rings is 3. The lowest BCUT2D eigenvalue weighted by atomic mass is 9.97. The zero-order valence-corrected chi connectivity index (χ0v) is 20.8. The lowest BCUT2D eigenvalue weighted by molar-refractivity contribution is -0.137. The van der Waals surface area contributed by atoms with Crippen molar-refractivity contribution in [3.63, 3.8) is 0 Å². The second kappa shape index (κ2) is 9.58. The van der Waals surface area contributed by atoms with E-state index in [1.165, 1.54) is 18.2 Å². The Labute approximate surface area is 220 Å². The second-order valence-corrected chi connectivity index (χ2v) is 9.53. The molecule has 7 nitrogen and oxygen atoms in total. The Balaban J connectivity index is 1.49. The molecule has 2 aromatic heterocycles. The van der Waals surface area contributed by atoms with Crippen LogP contribution in [0.5, 0.6) is 0 Å². The molecule has 3 heterocycles. The van der Waals surface area contributed by atoms with Crippen molar-refractivity contribution >= 4 is 11.1 Å². The molecule has 0 amide bonds. The lowest BCUT2D eigenvalue weighted by Gasteiger charge is -2.37. The van der Waals surface area contributed by atoms with Crippen LogP contribution in [0, 0.1) is 5.82 Å². The van der Waals surface area contributed by atoms with Crippen LogP contribution < -0.4 is 0 Å². The molecular formula is C28H23F4N5O2. The fraction of sp³-hybridized carbons (Fsp3) is 0.250. The number of hydrogen-bond acceptors (Lipinski definition) is 6. The smallest absolute Gasteiger partial charge is 0.420 e. The first-order valence-electron chi connectivity index (χ1n) is 12.3. The van der Waals surface area contributed by atoms with Gasteiger partial charge in [0.15, 0.2) is 11.4 Å². The van der Waals surface area contributed by atoms with E-state index >= 15 is 4.39 Å². The summed E-state index contributed by atoms with van der Waals surface area (Å²) in [6.07, 6.45) is -2.26. The average Bonchev–Trinajstić information content (AvgIpc) is 3.51. The highest BCUT2D eigenvalue weighted by molar-refractivity contribution is 5.84. The van der Waals surface area contributed by atoms with Crippen LogP contribution in [0.1, 0.15) is 23.6 Å². The van der Waals surface area contributed by atoms with Crippen molar-refractivity contribution in [2.24, 2.45) is 7.05 Å². The van der Waals surface area contributed by atoms with Gasteiger partial charge in [0.05, 0.1) is 18.2 Å². The quantitative estimate of drug-likeness (QED) is 0.274. The van der Waals surface area contributed by atoms with E-state index in [9.17, 15) is 18.3 Å². The minimum Gasteiger partial charge on any atom is -0.435 e. The minimum absolute atomic E-state index is 0.0573. The maximum Gasteiger partial charge on any atom is 0.420 e. The molecule has 5 aromatic rings. The standard InChI is InChI=1S/C28H23F4N5O2/c1-36-15-33-35-26(36)19-6-3-2-5-18(19)16-7-8-22(29)20(11-16)27-34-23-13-17(24(14-38)37-9-4-10-37)12-21(25(23)39-27)28(30,31)32/h2-3,5-8,11-13,15,24,38H,4,9-10,14H2,1H3/t24-/m0/s1. The molecule has 11 heteroatoms. The molecule has 0 spiro atoms. The van der Waals surface area contributed by atoms with Crippen LogP contribution in [-0.2, 0) is 13.2 Å². The Morgan fingerprint density at radius 2 is 1.79 bits per heavy atom. The normalized spacial score (nSPS) is 15.0. The van der Waals surface area contributed by atoms with Crippen LogP contribution in [0.2, 0.25) is 0 Å². The van der Waals surface area contributed by atoms with Gasteiger partial charge < -0.3 is 14.1 Å². The van der Waals surface area contributed by atoms with Crippen molar-refractivity contribution < 1.29 is 27.1 Å². The van der Waals surface area contributed by atoms with Gasteiger partial charge >= 0.3 is 6.18 Å². The van der Waals surface area contributed by atoms with Crippen molar-refractivity contribution in [2.45, 2.75) is 18.6 Å². The van der Waals surface area contributed by atoms with E-state index in [4.69, 9.17) is 4.42 Å². The molecule has 1 aliphatic rings. The first-order valence-corrected chi connectivity index (χ1v) is 12.3. The second-order valence-electron chi connectivity index (χ2n) is 9.53. The highest BCUT2D eigenvalue weighted by Crippen LogP contribution is 2.41. The summed E-state index contributed by atoms with van der Waals surface area (Å²) in [5.74, 6) is -0.363. The molecule has 1 fully saturated rings. The first-order chi connectivity index (χ1) is 18.7. The third-order valence-corrected chi connectivity index (χ3v) is 7.09. The van der Waals surface area contributed by atoms with Gasteiger partial charge in [-0.15, -0.1) is 10.2 Å². The largest absolute Gasteiger partial charge is 0.435 e. The lowest BCUT2D eigenvalue weighted by Crippen LogP contribution is -2.41. The Hall–Kier alpha value is -4.09. The topological polar surface area (TPSA) is 80.2 Å². The molecular weight excluding hydrogens is 514 g/mol. The predicted octanol–water partition coefficient (Wildman–Crippen LogP) is 5.85. The van der Waals surface area contributed by atoms with Crippen LogP contribution in [-0.4, -0.2) is 49.5 Å². The maximum atomic E-state index is 15.1. The maximum absolute atomic E-state index is 15.1. The molecule has 0 unspecified atom stereocenters. The number of aliphatic hydroxyl groups is 1. The van der Waals surface area contributed by atoms with E-state index in [1.807, 2.05) is 29.2 Å². The number of nitrogens with zero attached hydrogens (tertiary/aromatic N) is 5. The van der Waals surface area contributed by atoms with Gasteiger partial charge in [-0.25, -0.2) is 9.37 Å². The summed E-state index contributed by atoms with van der Waals surface area (Å²) in [6.45, 7) is 1.03. The van der Waals surface area contributed by atoms with E-state index in [0.717, 1.165) is 23.6 Å². The van der Waals surface area contributed by atoms with E-state index in [1.54, 1.807) is 24.0 Å². The Morgan fingerprint density at radius 1 is 1.03 bits per heavy atom. The summed E-state index contributed by atoms with van der Waals surface area (Å²) < 4.78 is 64.8. The monoisotopic (exact) mass is 537 g/mol. The van der Waals surface area contributed by atoms with Gasteiger partial charge in [-0.3, -0.25) is 4.90 Å². The number of aliphatic hydroxyl groups excluding tert-OH is 1. The third kappa shape index (κ3) is 4.47. The van der Waals surface area contributed by atoms with Crippen molar-refractivity contribution in [2.75, 3.05) is 19.7 Å². The van der Waals surface area contributed by atoms with Crippen LogP contribution >= 0.6 is 0 Å². The van der Waals surface area contributed by atoms with E-state index in [0.29, 0.717) is 24.5 Å². The van der Waals surface area contributed by atoms with Crippen LogP contribution in [0.15, 0.2) is 65.3 Å². The molecule has 0 saturated carbocycles. The number of rotatable bonds is 6. The highest BCUT2D eigenvalue weighted by atomic mass is 19.4. The number of aromatic nitrogens is 4. The van der Waals surface area contributed by atoms with Gasteiger partial charge in [0, 0.05) is 25.7 Å². The molecule has 3 aromatic carbocycles.